The van der Waals surface area contributed by atoms with E-state index in [-0.39, 0.29) is 12.4 Å². The first-order valence-corrected chi connectivity index (χ1v) is 10.6. The lowest BCUT2D eigenvalue weighted by Crippen LogP contribution is -2.35. The van der Waals surface area contributed by atoms with Gasteiger partial charge in [0, 0.05) is 25.6 Å². The Labute approximate surface area is 177 Å². The van der Waals surface area contributed by atoms with Crippen molar-refractivity contribution in [2.75, 3.05) is 19.6 Å². The fourth-order valence-electron chi connectivity index (χ4n) is 4.69. The van der Waals surface area contributed by atoms with Crippen LogP contribution < -0.4 is 5.32 Å². The zero-order valence-corrected chi connectivity index (χ0v) is 17.9. The third-order valence-electron chi connectivity index (χ3n) is 6.15. The van der Waals surface area contributed by atoms with Gasteiger partial charge >= 0.3 is 0 Å². The molecule has 0 spiro atoms. The number of para-hydroxylation sites is 2. The molecule has 2 aromatic heterocycles. The van der Waals surface area contributed by atoms with Gasteiger partial charge < -0.3 is 14.5 Å². The molecular formula is C21H30ClN7. The summed E-state index contributed by atoms with van der Waals surface area (Å²) in [5.74, 6) is 4.03. The van der Waals surface area contributed by atoms with Crippen molar-refractivity contribution in [3.05, 3.63) is 41.7 Å². The number of imidazole rings is 1. The number of nitrogens with one attached hydrogen (secondary N) is 1. The van der Waals surface area contributed by atoms with Crippen molar-refractivity contribution in [1.29, 1.82) is 0 Å². The third-order valence-corrected chi connectivity index (χ3v) is 6.15. The average Bonchev–Trinajstić information content (AvgIpc) is 3.31. The van der Waals surface area contributed by atoms with Crippen molar-refractivity contribution in [2.24, 2.45) is 0 Å². The molecule has 7 nitrogen and oxygen atoms in total. The van der Waals surface area contributed by atoms with Gasteiger partial charge in [0.25, 0.3) is 0 Å². The number of hydrogen-bond acceptors (Lipinski definition) is 5. The van der Waals surface area contributed by atoms with Gasteiger partial charge in [-0.05, 0) is 44.5 Å². The van der Waals surface area contributed by atoms with Crippen LogP contribution in [0.3, 0.4) is 0 Å². The number of halogens is 1. The Morgan fingerprint density at radius 1 is 1.10 bits per heavy atom. The van der Waals surface area contributed by atoms with E-state index in [1.165, 1.54) is 17.2 Å². The topological polar surface area (TPSA) is 63.8 Å². The number of hydrogen-bond donors (Lipinski definition) is 1. The molecule has 8 heteroatoms. The summed E-state index contributed by atoms with van der Waals surface area (Å²) < 4.78 is 4.75. The Morgan fingerprint density at radius 3 is 2.76 bits per heavy atom. The molecule has 29 heavy (non-hydrogen) atoms. The predicted octanol–water partition coefficient (Wildman–Crippen LogP) is 2.94. The molecule has 1 aromatic carbocycles. The maximum Gasteiger partial charge on any atom is 0.147 e. The maximum atomic E-state index is 4.94. The second-order valence-electron chi connectivity index (χ2n) is 8.02. The van der Waals surface area contributed by atoms with Crippen LogP contribution >= 0.6 is 12.4 Å². The van der Waals surface area contributed by atoms with Crippen molar-refractivity contribution in [1.82, 2.24) is 34.5 Å². The normalized spacial score (nSPS) is 18.0. The summed E-state index contributed by atoms with van der Waals surface area (Å²) in [5, 5.41) is 12.3. The summed E-state index contributed by atoms with van der Waals surface area (Å²) in [6, 6.07) is 8.51. The number of piperidine rings is 1. The second-order valence-corrected chi connectivity index (χ2v) is 8.02. The van der Waals surface area contributed by atoms with Crippen LogP contribution in [0, 0.1) is 0 Å². The third kappa shape index (κ3) is 3.91. The lowest BCUT2D eigenvalue weighted by atomic mass is 9.95. The predicted molar refractivity (Wildman–Crippen MR) is 116 cm³/mol. The summed E-state index contributed by atoms with van der Waals surface area (Å²) in [6.45, 7) is 9.26. The van der Waals surface area contributed by atoms with Gasteiger partial charge in [0.2, 0.25) is 0 Å². The molecule has 0 radical (unpaired) electrons. The minimum absolute atomic E-state index is 0. The van der Waals surface area contributed by atoms with E-state index in [1.807, 2.05) is 0 Å². The first kappa shape index (κ1) is 20.3. The number of benzene rings is 1. The summed E-state index contributed by atoms with van der Waals surface area (Å²) in [6.07, 6.45) is 3.43. The number of likely N-dealkylation sites (tertiary alicyclic amines) is 1. The number of aryl methyl sites for hydroxylation is 1. The molecule has 0 bridgehead atoms. The molecule has 0 unspecified atom stereocenters. The summed E-state index contributed by atoms with van der Waals surface area (Å²) in [7, 11) is 0. The minimum atomic E-state index is 0. The van der Waals surface area contributed by atoms with E-state index in [4.69, 9.17) is 4.98 Å². The highest BCUT2D eigenvalue weighted by Gasteiger charge is 2.27. The Bertz CT molecular complexity index is 955. The molecule has 0 aliphatic carbocycles. The second kappa shape index (κ2) is 8.81. The van der Waals surface area contributed by atoms with Crippen LogP contribution in [0.1, 0.15) is 49.6 Å². The molecule has 3 aromatic rings. The van der Waals surface area contributed by atoms with Crippen LogP contribution in [-0.2, 0) is 26.2 Å². The number of fused-ring (bicyclic) bond motifs is 2. The Morgan fingerprint density at radius 2 is 1.93 bits per heavy atom. The maximum absolute atomic E-state index is 4.94. The molecule has 156 valence electrons. The highest BCUT2D eigenvalue weighted by atomic mass is 35.5. The van der Waals surface area contributed by atoms with Crippen LogP contribution in [0.25, 0.3) is 11.0 Å². The number of rotatable bonds is 5. The van der Waals surface area contributed by atoms with E-state index in [0.717, 1.165) is 76.4 Å². The Balaban J connectivity index is 0.00000205. The first-order chi connectivity index (χ1) is 13.8. The van der Waals surface area contributed by atoms with Gasteiger partial charge in [-0.1, -0.05) is 19.1 Å². The molecular weight excluding hydrogens is 386 g/mol. The molecule has 2 aliphatic rings. The minimum Gasteiger partial charge on any atom is -0.327 e. The van der Waals surface area contributed by atoms with Crippen molar-refractivity contribution in [3.63, 3.8) is 0 Å². The zero-order chi connectivity index (χ0) is 18.9. The molecule has 0 saturated carbocycles. The lowest BCUT2D eigenvalue weighted by Gasteiger charge is -2.32. The molecule has 4 heterocycles. The number of nitrogens with zero attached hydrogens (tertiary/aromatic N) is 6. The van der Waals surface area contributed by atoms with Gasteiger partial charge in [-0.2, -0.15) is 0 Å². The molecule has 1 N–H and O–H groups in total. The van der Waals surface area contributed by atoms with Gasteiger partial charge in [-0.15, -0.1) is 22.6 Å². The van der Waals surface area contributed by atoms with Crippen molar-refractivity contribution in [3.8, 4) is 0 Å². The first-order valence-electron chi connectivity index (χ1n) is 10.6. The highest BCUT2D eigenvalue weighted by Crippen LogP contribution is 2.29. The highest BCUT2D eigenvalue weighted by molar-refractivity contribution is 5.85. The average molecular weight is 416 g/mol. The SMILES string of the molecule is CCCn1c(CN2CCC(c3nnc4n3CCNC4)CC2)nc2ccccc21.Cl. The summed E-state index contributed by atoms with van der Waals surface area (Å²) in [5.41, 5.74) is 2.38. The van der Waals surface area contributed by atoms with Crippen LogP contribution in [-0.4, -0.2) is 48.8 Å². The van der Waals surface area contributed by atoms with E-state index in [2.05, 4.69) is 60.7 Å². The molecule has 1 fully saturated rings. The smallest absolute Gasteiger partial charge is 0.147 e. The molecule has 2 aliphatic heterocycles. The quantitative estimate of drug-likeness (QED) is 0.694. The van der Waals surface area contributed by atoms with E-state index in [1.54, 1.807) is 0 Å². The van der Waals surface area contributed by atoms with Gasteiger partial charge in [0.15, 0.2) is 0 Å². The van der Waals surface area contributed by atoms with Crippen LogP contribution in [0.5, 0.6) is 0 Å². The standard InChI is InChI=1S/C21H29N7.ClH/c1-2-10-27-18-6-4-3-5-17(18)23-20(27)15-26-11-7-16(8-12-26)21-25-24-19-14-22-9-13-28(19)21;/h3-6,16,22H,2,7-15H2,1H3;1H. The summed E-state index contributed by atoms with van der Waals surface area (Å²) in [4.78, 5) is 7.49. The molecule has 5 rings (SSSR count). The van der Waals surface area contributed by atoms with Gasteiger partial charge in [-0.3, -0.25) is 4.90 Å². The zero-order valence-electron chi connectivity index (χ0n) is 17.0. The van der Waals surface area contributed by atoms with E-state index in [9.17, 15) is 0 Å². The largest absolute Gasteiger partial charge is 0.327 e. The van der Waals surface area contributed by atoms with E-state index < -0.39 is 0 Å². The summed E-state index contributed by atoms with van der Waals surface area (Å²) >= 11 is 0. The fourth-order valence-corrected chi connectivity index (χ4v) is 4.69. The molecule has 0 atom stereocenters. The number of aromatic nitrogens is 5. The van der Waals surface area contributed by atoms with E-state index >= 15 is 0 Å². The van der Waals surface area contributed by atoms with Crippen LogP contribution in [0.2, 0.25) is 0 Å². The monoisotopic (exact) mass is 415 g/mol. The lowest BCUT2D eigenvalue weighted by molar-refractivity contribution is 0.193. The molecule has 1 saturated heterocycles. The Hall–Kier alpha value is -1.96. The van der Waals surface area contributed by atoms with Crippen molar-refractivity contribution >= 4 is 23.4 Å². The van der Waals surface area contributed by atoms with Crippen LogP contribution in [0.15, 0.2) is 24.3 Å². The van der Waals surface area contributed by atoms with Gasteiger partial charge in [0.05, 0.1) is 24.1 Å². The molecule has 0 amide bonds. The van der Waals surface area contributed by atoms with E-state index in [0.29, 0.717) is 5.92 Å². The van der Waals surface area contributed by atoms with Crippen LogP contribution in [0.4, 0.5) is 0 Å². The van der Waals surface area contributed by atoms with Crippen molar-refractivity contribution < 1.29 is 0 Å². The fraction of sp³-hybridized carbons (Fsp3) is 0.571. The van der Waals surface area contributed by atoms with Gasteiger partial charge in [-0.25, -0.2) is 4.98 Å². The Kier molecular flexibility index (Phi) is 6.18. The van der Waals surface area contributed by atoms with Crippen molar-refractivity contribution in [2.45, 2.75) is 58.3 Å². The van der Waals surface area contributed by atoms with Gasteiger partial charge in [0.1, 0.15) is 17.5 Å².